The Morgan fingerprint density at radius 1 is 1.48 bits per heavy atom. The number of aromatic nitrogens is 2. The first-order chi connectivity index (χ1) is 9.76. The van der Waals surface area contributed by atoms with Crippen LogP contribution < -0.4 is 0 Å². The lowest BCUT2D eigenvalue weighted by atomic mass is 10.2. The number of hydrogen-bond acceptors (Lipinski definition) is 3. The molecule has 1 amide bonds. The van der Waals surface area contributed by atoms with Crippen LogP contribution in [0.25, 0.3) is 0 Å². The van der Waals surface area contributed by atoms with E-state index in [-0.39, 0.29) is 12.1 Å². The highest BCUT2D eigenvalue weighted by Crippen LogP contribution is 2.28. The monoisotopic (exact) mass is 357 g/mol. The van der Waals surface area contributed by atoms with Crippen molar-refractivity contribution in [2.24, 2.45) is 7.05 Å². The smallest absolute Gasteiger partial charge is 0.410 e. The lowest BCUT2D eigenvalue weighted by Crippen LogP contribution is -2.42. The van der Waals surface area contributed by atoms with Gasteiger partial charge in [-0.15, -0.1) is 0 Å². The summed E-state index contributed by atoms with van der Waals surface area (Å²) in [4.78, 5) is 14.4. The topological polar surface area (TPSA) is 47.4 Å². The van der Waals surface area contributed by atoms with Crippen molar-refractivity contribution in [2.45, 2.75) is 64.6 Å². The van der Waals surface area contributed by atoms with Gasteiger partial charge in [-0.3, -0.25) is 9.58 Å². The third-order valence-corrected chi connectivity index (χ3v) is 4.23. The van der Waals surface area contributed by atoms with Gasteiger partial charge in [0.05, 0.1) is 16.7 Å². The summed E-state index contributed by atoms with van der Waals surface area (Å²) in [6.45, 7) is 6.18. The van der Waals surface area contributed by atoms with Crippen molar-refractivity contribution in [1.82, 2.24) is 14.7 Å². The highest BCUT2D eigenvalue weighted by molar-refractivity contribution is 9.10. The average Bonchev–Trinajstić information content (AvgIpc) is 2.93. The number of aryl methyl sites for hydroxylation is 1. The normalized spacial score (nSPS) is 16.2. The number of carbonyl (C=O) groups is 1. The molecule has 1 aromatic heterocycles. The van der Waals surface area contributed by atoms with E-state index in [1.165, 1.54) is 12.8 Å². The van der Waals surface area contributed by atoms with Gasteiger partial charge in [-0.25, -0.2) is 4.79 Å². The first kappa shape index (κ1) is 16.3. The fraction of sp³-hybridized carbons (Fsp3) is 0.733. The molecule has 5 nitrogen and oxygen atoms in total. The van der Waals surface area contributed by atoms with Gasteiger partial charge in [0.1, 0.15) is 5.60 Å². The van der Waals surface area contributed by atoms with E-state index >= 15 is 0 Å². The van der Waals surface area contributed by atoms with Crippen LogP contribution in [0.3, 0.4) is 0 Å². The first-order valence-electron chi connectivity index (χ1n) is 7.44. The van der Waals surface area contributed by atoms with Crippen LogP contribution >= 0.6 is 15.9 Å². The minimum absolute atomic E-state index is 0.244. The van der Waals surface area contributed by atoms with Crippen molar-refractivity contribution in [3.63, 3.8) is 0 Å². The Bertz CT molecular complexity index is 502. The number of hydrogen-bond donors (Lipinski definition) is 0. The Labute approximate surface area is 134 Å². The molecule has 0 spiro atoms. The largest absolute Gasteiger partial charge is 0.444 e. The molecule has 1 aliphatic rings. The Kier molecular flexibility index (Phi) is 4.96. The quantitative estimate of drug-likeness (QED) is 0.824. The molecule has 0 atom stereocenters. The lowest BCUT2D eigenvalue weighted by Gasteiger charge is -2.31. The van der Waals surface area contributed by atoms with Gasteiger partial charge in [0.25, 0.3) is 0 Å². The summed E-state index contributed by atoms with van der Waals surface area (Å²) in [5.41, 5.74) is 0.394. The highest BCUT2D eigenvalue weighted by Gasteiger charge is 2.31. The number of amides is 1. The van der Waals surface area contributed by atoms with Crippen LogP contribution in [0.5, 0.6) is 0 Å². The van der Waals surface area contributed by atoms with Gasteiger partial charge < -0.3 is 4.74 Å². The summed E-state index contributed by atoms with van der Waals surface area (Å²) in [6.07, 6.45) is 6.10. The minimum atomic E-state index is -0.477. The second-order valence-electron chi connectivity index (χ2n) is 6.64. The molecule has 1 aromatic rings. The molecular formula is C15H24BrN3O2. The molecule has 1 fully saturated rings. The summed E-state index contributed by atoms with van der Waals surface area (Å²) in [5.74, 6) is 0. The Hall–Kier alpha value is -1.04. The lowest BCUT2D eigenvalue weighted by molar-refractivity contribution is 0.0141. The second kappa shape index (κ2) is 6.38. The zero-order valence-corrected chi connectivity index (χ0v) is 14.8. The molecule has 1 heterocycles. The van der Waals surface area contributed by atoms with E-state index < -0.39 is 5.60 Å². The van der Waals surface area contributed by atoms with Crippen molar-refractivity contribution >= 4 is 22.0 Å². The van der Waals surface area contributed by atoms with E-state index in [0.717, 1.165) is 23.0 Å². The molecular weight excluding hydrogens is 334 g/mol. The summed E-state index contributed by atoms with van der Waals surface area (Å²) in [5, 5.41) is 4.42. The Balaban J connectivity index is 2.15. The van der Waals surface area contributed by atoms with Crippen molar-refractivity contribution in [2.75, 3.05) is 0 Å². The van der Waals surface area contributed by atoms with Crippen LogP contribution in [-0.2, 0) is 18.3 Å². The van der Waals surface area contributed by atoms with E-state index in [1.807, 2.05) is 38.9 Å². The SMILES string of the molecule is Cn1cc(Br)c(CN(C(=O)OC(C)(C)C)C2CCCC2)n1. The van der Waals surface area contributed by atoms with Crippen molar-refractivity contribution in [3.05, 3.63) is 16.4 Å². The fourth-order valence-corrected chi connectivity index (χ4v) is 3.15. The molecule has 6 heteroatoms. The molecule has 2 rings (SSSR count). The molecule has 1 saturated carbocycles. The molecule has 0 aliphatic heterocycles. The zero-order chi connectivity index (χ0) is 15.6. The zero-order valence-electron chi connectivity index (χ0n) is 13.2. The fourth-order valence-electron chi connectivity index (χ4n) is 2.65. The predicted octanol–water partition coefficient (Wildman–Crippen LogP) is 3.86. The van der Waals surface area contributed by atoms with Gasteiger partial charge in [-0.1, -0.05) is 12.8 Å². The van der Waals surface area contributed by atoms with Gasteiger partial charge in [-0.2, -0.15) is 5.10 Å². The molecule has 0 aromatic carbocycles. The minimum Gasteiger partial charge on any atom is -0.444 e. The van der Waals surface area contributed by atoms with Crippen LogP contribution in [0.15, 0.2) is 10.7 Å². The van der Waals surface area contributed by atoms with E-state index in [2.05, 4.69) is 21.0 Å². The maximum atomic E-state index is 12.5. The van der Waals surface area contributed by atoms with Crippen LogP contribution in [0.1, 0.15) is 52.1 Å². The van der Waals surface area contributed by atoms with Crippen LogP contribution in [0, 0.1) is 0 Å². The maximum Gasteiger partial charge on any atom is 0.410 e. The Morgan fingerprint density at radius 3 is 2.57 bits per heavy atom. The molecule has 0 saturated heterocycles. The number of ether oxygens (including phenoxy) is 1. The summed E-state index contributed by atoms with van der Waals surface area (Å²) >= 11 is 3.50. The average molecular weight is 358 g/mol. The summed E-state index contributed by atoms with van der Waals surface area (Å²) in [6, 6.07) is 0.258. The third-order valence-electron chi connectivity index (χ3n) is 3.57. The number of carbonyl (C=O) groups excluding carboxylic acids is 1. The highest BCUT2D eigenvalue weighted by atomic mass is 79.9. The van der Waals surface area contributed by atoms with Gasteiger partial charge in [-0.05, 0) is 49.5 Å². The molecule has 1 aliphatic carbocycles. The van der Waals surface area contributed by atoms with Gasteiger partial charge in [0, 0.05) is 19.3 Å². The van der Waals surface area contributed by atoms with Crippen LogP contribution in [0.2, 0.25) is 0 Å². The maximum absolute atomic E-state index is 12.5. The van der Waals surface area contributed by atoms with E-state index in [0.29, 0.717) is 6.54 Å². The molecule has 21 heavy (non-hydrogen) atoms. The van der Waals surface area contributed by atoms with Gasteiger partial charge in [0.2, 0.25) is 0 Å². The van der Waals surface area contributed by atoms with Crippen LogP contribution in [-0.4, -0.2) is 32.4 Å². The molecule has 0 unspecified atom stereocenters. The number of nitrogens with zero attached hydrogens (tertiary/aromatic N) is 3. The Morgan fingerprint density at radius 2 is 2.10 bits per heavy atom. The first-order valence-corrected chi connectivity index (χ1v) is 8.23. The van der Waals surface area contributed by atoms with Gasteiger partial charge in [0.15, 0.2) is 0 Å². The molecule has 118 valence electrons. The standard InChI is InChI=1S/C15H24BrN3O2/c1-15(2,3)21-14(20)19(11-7-5-6-8-11)10-13-12(16)9-18(4)17-13/h9,11H,5-8,10H2,1-4H3. The summed E-state index contributed by atoms with van der Waals surface area (Å²) < 4.78 is 8.25. The molecule has 0 bridgehead atoms. The van der Waals surface area contributed by atoms with E-state index in [9.17, 15) is 4.79 Å². The van der Waals surface area contributed by atoms with Crippen molar-refractivity contribution < 1.29 is 9.53 Å². The third kappa shape index (κ3) is 4.46. The second-order valence-corrected chi connectivity index (χ2v) is 7.50. The number of halogens is 1. The van der Waals surface area contributed by atoms with E-state index in [4.69, 9.17) is 4.74 Å². The van der Waals surface area contributed by atoms with E-state index in [1.54, 1.807) is 4.68 Å². The number of rotatable bonds is 3. The molecule has 0 N–H and O–H groups in total. The van der Waals surface area contributed by atoms with Gasteiger partial charge >= 0.3 is 6.09 Å². The van der Waals surface area contributed by atoms with Crippen LogP contribution in [0.4, 0.5) is 4.79 Å². The molecule has 0 radical (unpaired) electrons. The predicted molar refractivity (Wildman–Crippen MR) is 84.9 cm³/mol. The van der Waals surface area contributed by atoms with Crippen molar-refractivity contribution in [1.29, 1.82) is 0 Å². The summed E-state index contributed by atoms with van der Waals surface area (Å²) in [7, 11) is 1.88. The van der Waals surface area contributed by atoms with Crippen molar-refractivity contribution in [3.8, 4) is 0 Å².